The van der Waals surface area contributed by atoms with Crippen LogP contribution in [0.3, 0.4) is 0 Å². The van der Waals surface area contributed by atoms with E-state index in [0.29, 0.717) is 18.5 Å². The number of nitrogens with one attached hydrogen (secondary N) is 1. The molecule has 0 unspecified atom stereocenters. The maximum Gasteiger partial charge on any atom is 0.212 e. The summed E-state index contributed by atoms with van der Waals surface area (Å²) in [6, 6.07) is 8.88. The summed E-state index contributed by atoms with van der Waals surface area (Å²) in [7, 11) is 1.57. The molecule has 106 valence electrons. The topological polar surface area (TPSA) is 34.1 Å². The van der Waals surface area contributed by atoms with E-state index in [0.717, 1.165) is 16.7 Å². The Balaban J connectivity index is 2.34. The van der Waals surface area contributed by atoms with Gasteiger partial charge in [0.05, 0.1) is 7.11 Å². The highest BCUT2D eigenvalue weighted by molar-refractivity contribution is 5.66. The lowest BCUT2D eigenvalue weighted by Gasteiger charge is -2.13. The molecule has 0 aliphatic carbocycles. The summed E-state index contributed by atoms with van der Waals surface area (Å²) in [5.74, 6) is 0.302. The molecule has 2 rings (SSSR count). The molecule has 0 bridgehead atoms. The number of rotatable bonds is 5. The van der Waals surface area contributed by atoms with Crippen molar-refractivity contribution in [2.75, 3.05) is 7.11 Å². The monoisotopic (exact) mass is 274 g/mol. The Bertz CT molecular complexity index is 567. The highest BCUT2D eigenvalue weighted by Crippen LogP contribution is 2.25. The zero-order valence-electron chi connectivity index (χ0n) is 12.0. The third-order valence-corrected chi connectivity index (χ3v) is 3.03. The van der Waals surface area contributed by atoms with Crippen molar-refractivity contribution in [3.8, 4) is 17.0 Å². The molecular weight excluding hydrogens is 255 g/mol. The lowest BCUT2D eigenvalue weighted by atomic mass is 10.0. The van der Waals surface area contributed by atoms with E-state index in [1.54, 1.807) is 25.4 Å². The second-order valence-corrected chi connectivity index (χ2v) is 4.93. The van der Waals surface area contributed by atoms with Crippen molar-refractivity contribution in [3.63, 3.8) is 0 Å². The van der Waals surface area contributed by atoms with Gasteiger partial charge in [0.15, 0.2) is 0 Å². The standard InChI is InChI=1S/C16H19FN2O/c1-11(2)18-9-12-4-6-14(17)8-15(12)13-5-7-16(20-3)19-10-13/h4-8,10-11,18H,9H2,1-3H3. The first-order valence-corrected chi connectivity index (χ1v) is 6.62. The van der Waals surface area contributed by atoms with Gasteiger partial charge in [0.25, 0.3) is 0 Å². The highest BCUT2D eigenvalue weighted by atomic mass is 19.1. The smallest absolute Gasteiger partial charge is 0.212 e. The van der Waals surface area contributed by atoms with E-state index in [9.17, 15) is 4.39 Å². The maximum absolute atomic E-state index is 13.5. The minimum Gasteiger partial charge on any atom is -0.481 e. The molecule has 0 atom stereocenters. The van der Waals surface area contributed by atoms with Crippen LogP contribution in [0, 0.1) is 5.82 Å². The Labute approximate surface area is 118 Å². The minimum atomic E-state index is -0.246. The molecule has 0 aliphatic heterocycles. The Hall–Kier alpha value is -1.94. The molecule has 2 aromatic rings. The maximum atomic E-state index is 13.5. The molecule has 0 radical (unpaired) electrons. The quantitative estimate of drug-likeness (QED) is 0.907. The Morgan fingerprint density at radius 1 is 1.25 bits per heavy atom. The number of hydrogen-bond donors (Lipinski definition) is 1. The highest BCUT2D eigenvalue weighted by Gasteiger charge is 2.08. The summed E-state index contributed by atoms with van der Waals surface area (Å²) in [5, 5.41) is 3.35. The third kappa shape index (κ3) is 3.54. The van der Waals surface area contributed by atoms with Crippen LogP contribution in [0.4, 0.5) is 4.39 Å². The van der Waals surface area contributed by atoms with E-state index < -0.39 is 0 Å². The molecule has 0 fully saturated rings. The van der Waals surface area contributed by atoms with Crippen molar-refractivity contribution in [2.24, 2.45) is 0 Å². The van der Waals surface area contributed by atoms with E-state index in [4.69, 9.17) is 4.74 Å². The minimum absolute atomic E-state index is 0.246. The van der Waals surface area contributed by atoms with Crippen LogP contribution in [-0.4, -0.2) is 18.1 Å². The van der Waals surface area contributed by atoms with Crippen LogP contribution in [0.5, 0.6) is 5.88 Å². The molecular formula is C16H19FN2O. The van der Waals surface area contributed by atoms with Gasteiger partial charge in [-0.3, -0.25) is 0 Å². The average Bonchev–Trinajstić information content (AvgIpc) is 2.46. The van der Waals surface area contributed by atoms with Gasteiger partial charge in [0.2, 0.25) is 5.88 Å². The van der Waals surface area contributed by atoms with Crippen LogP contribution in [-0.2, 0) is 6.54 Å². The fourth-order valence-electron chi connectivity index (χ4n) is 1.95. The molecule has 0 saturated carbocycles. The number of benzene rings is 1. The molecule has 1 aromatic heterocycles. The van der Waals surface area contributed by atoms with Gasteiger partial charge in [-0.05, 0) is 29.3 Å². The predicted octanol–water partition coefficient (Wildman–Crippen LogP) is 3.39. The van der Waals surface area contributed by atoms with Gasteiger partial charge >= 0.3 is 0 Å². The molecule has 1 heterocycles. The van der Waals surface area contributed by atoms with E-state index in [1.807, 2.05) is 12.1 Å². The normalized spacial score (nSPS) is 10.8. The van der Waals surface area contributed by atoms with Crippen LogP contribution >= 0.6 is 0 Å². The average molecular weight is 274 g/mol. The predicted molar refractivity (Wildman–Crippen MR) is 78.2 cm³/mol. The van der Waals surface area contributed by atoms with Gasteiger partial charge in [-0.2, -0.15) is 0 Å². The van der Waals surface area contributed by atoms with Gasteiger partial charge in [-0.15, -0.1) is 0 Å². The van der Waals surface area contributed by atoms with Crippen LogP contribution < -0.4 is 10.1 Å². The van der Waals surface area contributed by atoms with E-state index in [2.05, 4.69) is 24.1 Å². The SMILES string of the molecule is COc1ccc(-c2cc(F)ccc2CNC(C)C)cn1. The Morgan fingerprint density at radius 2 is 2.05 bits per heavy atom. The summed E-state index contributed by atoms with van der Waals surface area (Å²) in [6.45, 7) is 4.86. The number of ether oxygens (including phenoxy) is 1. The third-order valence-electron chi connectivity index (χ3n) is 3.03. The molecule has 1 aromatic carbocycles. The van der Waals surface area contributed by atoms with Crippen molar-refractivity contribution in [3.05, 3.63) is 47.9 Å². The molecule has 0 spiro atoms. The summed E-state index contributed by atoms with van der Waals surface area (Å²) in [6.07, 6.45) is 1.70. The number of methoxy groups -OCH3 is 1. The Morgan fingerprint density at radius 3 is 2.65 bits per heavy atom. The van der Waals surface area contributed by atoms with Crippen molar-refractivity contribution >= 4 is 0 Å². The fraction of sp³-hybridized carbons (Fsp3) is 0.312. The molecule has 1 N–H and O–H groups in total. The summed E-state index contributed by atoms with van der Waals surface area (Å²) < 4.78 is 18.6. The summed E-state index contributed by atoms with van der Waals surface area (Å²) in [4.78, 5) is 4.17. The van der Waals surface area contributed by atoms with Gasteiger partial charge < -0.3 is 10.1 Å². The lowest BCUT2D eigenvalue weighted by Crippen LogP contribution is -2.22. The fourth-order valence-corrected chi connectivity index (χ4v) is 1.95. The molecule has 3 nitrogen and oxygen atoms in total. The lowest BCUT2D eigenvalue weighted by molar-refractivity contribution is 0.398. The molecule has 0 saturated heterocycles. The van der Waals surface area contributed by atoms with Gasteiger partial charge in [-0.25, -0.2) is 9.37 Å². The van der Waals surface area contributed by atoms with Crippen molar-refractivity contribution in [1.82, 2.24) is 10.3 Å². The van der Waals surface area contributed by atoms with Crippen LogP contribution in [0.2, 0.25) is 0 Å². The Kier molecular flexibility index (Phi) is 4.69. The van der Waals surface area contributed by atoms with E-state index in [-0.39, 0.29) is 5.82 Å². The van der Waals surface area contributed by atoms with Crippen LogP contribution in [0.15, 0.2) is 36.5 Å². The van der Waals surface area contributed by atoms with Crippen molar-refractivity contribution < 1.29 is 9.13 Å². The molecule has 0 amide bonds. The second-order valence-electron chi connectivity index (χ2n) is 4.93. The molecule has 0 aliphatic rings. The first-order valence-electron chi connectivity index (χ1n) is 6.62. The molecule has 20 heavy (non-hydrogen) atoms. The zero-order valence-corrected chi connectivity index (χ0v) is 12.0. The van der Waals surface area contributed by atoms with Crippen LogP contribution in [0.25, 0.3) is 11.1 Å². The van der Waals surface area contributed by atoms with Gasteiger partial charge in [0, 0.05) is 30.4 Å². The zero-order chi connectivity index (χ0) is 14.5. The second kappa shape index (κ2) is 6.48. The molecule has 4 heteroatoms. The number of hydrogen-bond acceptors (Lipinski definition) is 3. The number of aromatic nitrogens is 1. The summed E-state index contributed by atoms with van der Waals surface area (Å²) >= 11 is 0. The van der Waals surface area contributed by atoms with E-state index in [1.165, 1.54) is 6.07 Å². The first-order chi connectivity index (χ1) is 9.60. The van der Waals surface area contributed by atoms with Crippen molar-refractivity contribution in [2.45, 2.75) is 26.4 Å². The largest absolute Gasteiger partial charge is 0.481 e. The number of halogens is 1. The first kappa shape index (κ1) is 14.5. The summed E-state index contributed by atoms with van der Waals surface area (Å²) in [5.41, 5.74) is 2.78. The van der Waals surface area contributed by atoms with Gasteiger partial charge in [0.1, 0.15) is 5.82 Å². The number of pyridine rings is 1. The number of nitrogens with zero attached hydrogens (tertiary/aromatic N) is 1. The van der Waals surface area contributed by atoms with Crippen LogP contribution in [0.1, 0.15) is 19.4 Å². The van der Waals surface area contributed by atoms with E-state index >= 15 is 0 Å². The van der Waals surface area contributed by atoms with Crippen molar-refractivity contribution in [1.29, 1.82) is 0 Å². The van der Waals surface area contributed by atoms with Gasteiger partial charge in [-0.1, -0.05) is 19.9 Å².